The summed E-state index contributed by atoms with van der Waals surface area (Å²) in [6.07, 6.45) is 2.06. The second-order valence-corrected chi connectivity index (χ2v) is 7.81. The van der Waals surface area contributed by atoms with Gasteiger partial charge in [0.25, 0.3) is 0 Å². The van der Waals surface area contributed by atoms with E-state index in [1.54, 1.807) is 7.11 Å². The summed E-state index contributed by atoms with van der Waals surface area (Å²) in [5.74, 6) is 0.861. The van der Waals surface area contributed by atoms with Crippen molar-refractivity contribution in [3.05, 3.63) is 42.0 Å². The molecule has 0 radical (unpaired) electrons. The Hall–Kier alpha value is -1.63. The van der Waals surface area contributed by atoms with Crippen molar-refractivity contribution in [1.82, 2.24) is 9.62 Å². The van der Waals surface area contributed by atoms with Crippen molar-refractivity contribution in [1.29, 1.82) is 0 Å². The summed E-state index contributed by atoms with van der Waals surface area (Å²) in [7, 11) is -1.42. The van der Waals surface area contributed by atoms with Crippen LogP contribution in [0.15, 0.2) is 36.4 Å². The molecule has 24 heavy (non-hydrogen) atoms. The molecule has 2 rings (SSSR count). The molecule has 5 nitrogen and oxygen atoms in total. The summed E-state index contributed by atoms with van der Waals surface area (Å²) < 4.78 is 29.8. The summed E-state index contributed by atoms with van der Waals surface area (Å²) in [5, 5.41) is 5.72. The fourth-order valence-corrected chi connectivity index (χ4v) is 3.61. The second kappa shape index (κ2) is 8.46. The van der Waals surface area contributed by atoms with Gasteiger partial charge >= 0.3 is 0 Å². The molecule has 2 aromatic carbocycles. The van der Waals surface area contributed by atoms with Crippen LogP contribution < -0.4 is 10.1 Å². The molecule has 0 unspecified atom stereocenters. The maximum atomic E-state index is 11.5. The van der Waals surface area contributed by atoms with E-state index in [9.17, 15) is 8.42 Å². The van der Waals surface area contributed by atoms with Gasteiger partial charge in [-0.1, -0.05) is 25.1 Å². The van der Waals surface area contributed by atoms with E-state index < -0.39 is 10.0 Å². The molecule has 0 atom stereocenters. The van der Waals surface area contributed by atoms with E-state index in [0.29, 0.717) is 13.1 Å². The maximum Gasteiger partial charge on any atom is 0.211 e. The monoisotopic (exact) mass is 350 g/mol. The first-order valence-corrected chi connectivity index (χ1v) is 10.0. The van der Waals surface area contributed by atoms with Gasteiger partial charge in [0.1, 0.15) is 5.75 Å². The average molecular weight is 350 g/mol. The number of nitrogens with one attached hydrogen (secondary N) is 1. The van der Waals surface area contributed by atoms with Gasteiger partial charge in [0, 0.05) is 19.6 Å². The topological polar surface area (TPSA) is 58.6 Å². The molecule has 0 fully saturated rings. The zero-order chi connectivity index (χ0) is 17.6. The zero-order valence-electron chi connectivity index (χ0n) is 14.6. The molecular weight excluding hydrogens is 324 g/mol. The number of nitrogens with zero attached hydrogens (tertiary/aromatic N) is 1. The Kier molecular flexibility index (Phi) is 6.60. The largest absolute Gasteiger partial charge is 0.497 e. The Morgan fingerprint density at radius 1 is 1.12 bits per heavy atom. The third-order valence-corrected chi connectivity index (χ3v) is 5.40. The molecule has 132 valence electrons. The summed E-state index contributed by atoms with van der Waals surface area (Å²) in [4.78, 5) is 0. The fraction of sp³-hybridized carbons (Fsp3) is 0.444. The summed E-state index contributed by atoms with van der Waals surface area (Å²) >= 11 is 0. The van der Waals surface area contributed by atoms with Gasteiger partial charge in [-0.15, -0.1) is 0 Å². The number of ether oxygens (including phenoxy) is 1. The third kappa shape index (κ3) is 5.19. The van der Waals surface area contributed by atoms with Gasteiger partial charge in [0.05, 0.1) is 13.4 Å². The number of hydrogen-bond acceptors (Lipinski definition) is 4. The highest BCUT2D eigenvalue weighted by molar-refractivity contribution is 7.88. The van der Waals surface area contributed by atoms with Crippen LogP contribution in [-0.4, -0.2) is 45.7 Å². The molecule has 0 aliphatic heterocycles. The van der Waals surface area contributed by atoms with E-state index in [4.69, 9.17) is 4.74 Å². The quantitative estimate of drug-likeness (QED) is 0.706. The van der Waals surface area contributed by atoms with Crippen LogP contribution in [0.4, 0.5) is 0 Å². The fourth-order valence-electron chi connectivity index (χ4n) is 2.68. The van der Waals surface area contributed by atoms with E-state index in [1.165, 1.54) is 21.5 Å². The van der Waals surface area contributed by atoms with Crippen LogP contribution in [0, 0.1) is 0 Å². The molecule has 0 aliphatic carbocycles. The average Bonchev–Trinajstić information content (AvgIpc) is 2.56. The van der Waals surface area contributed by atoms with Crippen LogP contribution in [0.25, 0.3) is 10.8 Å². The Bertz CT molecular complexity index is 775. The molecule has 0 saturated heterocycles. The lowest BCUT2D eigenvalue weighted by molar-refractivity contribution is 0.415. The lowest BCUT2D eigenvalue weighted by Crippen LogP contribution is -2.32. The Labute approximate surface area is 144 Å². The van der Waals surface area contributed by atoms with Crippen LogP contribution in [0.2, 0.25) is 0 Å². The highest BCUT2D eigenvalue weighted by Gasteiger charge is 2.12. The minimum Gasteiger partial charge on any atom is -0.497 e. The summed E-state index contributed by atoms with van der Waals surface area (Å²) in [5.41, 5.74) is 1.21. The van der Waals surface area contributed by atoms with Crippen LogP contribution in [-0.2, 0) is 16.6 Å². The van der Waals surface area contributed by atoms with Crippen LogP contribution in [0.3, 0.4) is 0 Å². The van der Waals surface area contributed by atoms with Gasteiger partial charge in [-0.05, 0) is 47.5 Å². The Balaban J connectivity index is 1.83. The summed E-state index contributed by atoms with van der Waals surface area (Å²) in [6, 6.07) is 12.4. The molecule has 6 heteroatoms. The van der Waals surface area contributed by atoms with E-state index in [-0.39, 0.29) is 0 Å². The van der Waals surface area contributed by atoms with Crippen LogP contribution >= 0.6 is 0 Å². The third-order valence-electron chi connectivity index (χ3n) is 4.02. The number of hydrogen-bond donors (Lipinski definition) is 1. The molecule has 0 aromatic heterocycles. The SMILES string of the molecule is CCN(CCCNCc1ccc2cc(OC)ccc2c1)S(C)(=O)=O. The number of rotatable bonds is 9. The van der Waals surface area contributed by atoms with Crippen molar-refractivity contribution in [2.45, 2.75) is 19.9 Å². The van der Waals surface area contributed by atoms with Crippen molar-refractivity contribution in [2.75, 3.05) is 33.0 Å². The minimum atomic E-state index is -3.09. The van der Waals surface area contributed by atoms with Crippen molar-refractivity contribution in [3.8, 4) is 5.75 Å². The first kappa shape index (κ1) is 18.7. The van der Waals surface area contributed by atoms with Gasteiger partial charge < -0.3 is 10.1 Å². The lowest BCUT2D eigenvalue weighted by Gasteiger charge is -2.17. The molecule has 0 aliphatic rings. The summed E-state index contributed by atoms with van der Waals surface area (Å²) in [6.45, 7) is 4.49. The number of methoxy groups -OCH3 is 1. The minimum absolute atomic E-state index is 0.521. The van der Waals surface area contributed by atoms with E-state index in [1.807, 2.05) is 19.1 Å². The van der Waals surface area contributed by atoms with Crippen molar-refractivity contribution in [2.24, 2.45) is 0 Å². The van der Waals surface area contributed by atoms with E-state index >= 15 is 0 Å². The molecule has 1 N–H and O–H groups in total. The molecule has 0 saturated carbocycles. The van der Waals surface area contributed by atoms with Crippen LogP contribution in [0.5, 0.6) is 5.75 Å². The Morgan fingerprint density at radius 2 is 1.83 bits per heavy atom. The van der Waals surface area contributed by atoms with E-state index in [0.717, 1.165) is 30.6 Å². The molecule has 2 aromatic rings. The second-order valence-electron chi connectivity index (χ2n) is 5.83. The van der Waals surface area contributed by atoms with Gasteiger partial charge in [0.2, 0.25) is 10.0 Å². The smallest absolute Gasteiger partial charge is 0.211 e. The number of fused-ring (bicyclic) bond motifs is 1. The standard InChI is InChI=1S/C18H26N2O3S/c1-4-20(24(3,21)22)11-5-10-19-14-15-6-7-17-13-18(23-2)9-8-16(17)12-15/h6-9,12-13,19H,4-5,10-11,14H2,1-3H3. The molecule has 0 spiro atoms. The molecular formula is C18H26N2O3S. The molecule has 0 heterocycles. The van der Waals surface area contributed by atoms with Gasteiger partial charge in [-0.2, -0.15) is 0 Å². The molecule has 0 amide bonds. The van der Waals surface area contributed by atoms with Crippen molar-refractivity contribution >= 4 is 20.8 Å². The normalized spacial score (nSPS) is 12.0. The highest BCUT2D eigenvalue weighted by atomic mass is 32.2. The zero-order valence-corrected chi connectivity index (χ0v) is 15.4. The van der Waals surface area contributed by atoms with Crippen LogP contribution in [0.1, 0.15) is 18.9 Å². The Morgan fingerprint density at radius 3 is 2.50 bits per heavy atom. The van der Waals surface area contributed by atoms with E-state index in [2.05, 4.69) is 29.6 Å². The number of benzene rings is 2. The lowest BCUT2D eigenvalue weighted by atomic mass is 10.1. The van der Waals surface area contributed by atoms with Gasteiger partial charge in [-0.3, -0.25) is 0 Å². The van der Waals surface area contributed by atoms with Crippen molar-refractivity contribution < 1.29 is 13.2 Å². The van der Waals surface area contributed by atoms with Crippen molar-refractivity contribution in [3.63, 3.8) is 0 Å². The predicted octanol–water partition coefficient (Wildman–Crippen LogP) is 2.61. The first-order valence-electron chi connectivity index (χ1n) is 8.16. The van der Waals surface area contributed by atoms with Gasteiger partial charge in [0.15, 0.2) is 0 Å². The predicted molar refractivity (Wildman–Crippen MR) is 98.9 cm³/mol. The first-order chi connectivity index (χ1) is 11.4. The van der Waals surface area contributed by atoms with Gasteiger partial charge in [-0.25, -0.2) is 12.7 Å². The maximum absolute atomic E-state index is 11.5. The highest BCUT2D eigenvalue weighted by Crippen LogP contribution is 2.21. The number of sulfonamides is 1. The molecule has 0 bridgehead atoms.